The number of sulfonamides is 1. The van der Waals surface area contributed by atoms with Crippen LogP contribution in [0.4, 0.5) is 11.4 Å². The molecule has 0 saturated heterocycles. The van der Waals surface area contributed by atoms with E-state index in [-0.39, 0.29) is 10.8 Å². The molecule has 0 atom stereocenters. The predicted octanol–water partition coefficient (Wildman–Crippen LogP) is 4.40. The van der Waals surface area contributed by atoms with Crippen molar-refractivity contribution < 1.29 is 17.9 Å². The molecule has 0 radical (unpaired) electrons. The number of rotatable bonds is 6. The first-order valence-corrected chi connectivity index (χ1v) is 10.1. The quantitative estimate of drug-likeness (QED) is 0.623. The number of hydrogen-bond donors (Lipinski definition) is 2. The number of carbonyl (C=O) groups excluding carboxylic acids is 1. The Labute approximate surface area is 168 Å². The second-order valence-electron chi connectivity index (χ2n) is 5.79. The number of amides is 1. The van der Waals surface area contributed by atoms with Gasteiger partial charge in [0.1, 0.15) is 5.75 Å². The first-order valence-electron chi connectivity index (χ1n) is 8.22. The minimum atomic E-state index is -3.75. The third-order valence-electron chi connectivity index (χ3n) is 3.89. The van der Waals surface area contributed by atoms with Gasteiger partial charge in [0.2, 0.25) is 0 Å². The molecule has 8 heteroatoms. The van der Waals surface area contributed by atoms with Crippen LogP contribution in [0.2, 0.25) is 5.02 Å². The summed E-state index contributed by atoms with van der Waals surface area (Å²) in [6, 6.07) is 19.0. The average molecular weight is 417 g/mol. The lowest BCUT2D eigenvalue weighted by molar-refractivity contribution is 0.102. The Balaban J connectivity index is 1.71. The number of methoxy groups -OCH3 is 1. The van der Waals surface area contributed by atoms with Crippen molar-refractivity contribution in [2.24, 2.45) is 0 Å². The highest BCUT2D eigenvalue weighted by Gasteiger charge is 2.15. The molecular weight excluding hydrogens is 400 g/mol. The topological polar surface area (TPSA) is 84.5 Å². The molecule has 0 aliphatic heterocycles. The molecule has 0 aromatic heterocycles. The second kappa shape index (κ2) is 8.33. The molecule has 0 spiro atoms. The third kappa shape index (κ3) is 4.62. The van der Waals surface area contributed by atoms with Gasteiger partial charge in [0, 0.05) is 11.3 Å². The van der Waals surface area contributed by atoms with Gasteiger partial charge in [0.25, 0.3) is 15.9 Å². The molecule has 0 bridgehead atoms. The van der Waals surface area contributed by atoms with Gasteiger partial charge in [-0.1, -0.05) is 23.7 Å². The molecule has 3 aromatic rings. The second-order valence-corrected chi connectivity index (χ2v) is 7.88. The summed E-state index contributed by atoms with van der Waals surface area (Å²) in [5.41, 5.74) is 1.20. The molecule has 28 heavy (non-hydrogen) atoms. The highest BCUT2D eigenvalue weighted by molar-refractivity contribution is 7.92. The van der Waals surface area contributed by atoms with Crippen molar-refractivity contribution in [3.05, 3.63) is 83.4 Å². The molecule has 3 aromatic carbocycles. The summed E-state index contributed by atoms with van der Waals surface area (Å²) < 4.78 is 32.4. The van der Waals surface area contributed by atoms with E-state index in [2.05, 4.69) is 10.0 Å². The van der Waals surface area contributed by atoms with Crippen molar-refractivity contribution in [3.8, 4) is 5.75 Å². The van der Waals surface area contributed by atoms with Crippen molar-refractivity contribution in [2.45, 2.75) is 4.90 Å². The lowest BCUT2D eigenvalue weighted by Crippen LogP contribution is -2.14. The Morgan fingerprint density at radius 2 is 1.57 bits per heavy atom. The maximum atomic E-state index is 12.5. The van der Waals surface area contributed by atoms with E-state index in [1.165, 1.54) is 43.5 Å². The molecule has 6 nitrogen and oxygen atoms in total. The van der Waals surface area contributed by atoms with E-state index in [1.54, 1.807) is 36.4 Å². The van der Waals surface area contributed by atoms with Gasteiger partial charge in [-0.15, -0.1) is 0 Å². The fourth-order valence-corrected chi connectivity index (χ4v) is 3.66. The van der Waals surface area contributed by atoms with Crippen LogP contribution in [0.5, 0.6) is 5.75 Å². The van der Waals surface area contributed by atoms with Gasteiger partial charge in [-0.05, 0) is 60.7 Å². The van der Waals surface area contributed by atoms with Crippen LogP contribution in [-0.4, -0.2) is 21.4 Å². The number of anilines is 2. The molecule has 0 fully saturated rings. The van der Waals surface area contributed by atoms with Crippen molar-refractivity contribution in [2.75, 3.05) is 17.1 Å². The standard InChI is InChI=1S/C20H17ClN2O4S/c1-27-16-10-12-17(13-11-16)28(25,26)23-15-8-6-14(7-9-15)20(24)22-19-5-3-2-4-18(19)21/h2-13,23H,1H3,(H,22,24). The molecule has 2 N–H and O–H groups in total. The van der Waals surface area contributed by atoms with Crippen LogP contribution in [0, 0.1) is 0 Å². The van der Waals surface area contributed by atoms with E-state index in [1.807, 2.05) is 0 Å². The van der Waals surface area contributed by atoms with E-state index in [0.29, 0.717) is 27.7 Å². The monoisotopic (exact) mass is 416 g/mol. The summed E-state index contributed by atoms with van der Waals surface area (Å²) in [6.07, 6.45) is 0. The van der Waals surface area contributed by atoms with Crippen molar-refractivity contribution >= 4 is 38.9 Å². The fourth-order valence-electron chi connectivity index (χ4n) is 2.42. The number of para-hydroxylation sites is 1. The molecule has 144 valence electrons. The number of halogens is 1. The Morgan fingerprint density at radius 3 is 2.18 bits per heavy atom. The van der Waals surface area contributed by atoms with Gasteiger partial charge < -0.3 is 10.1 Å². The molecule has 0 aliphatic rings. The van der Waals surface area contributed by atoms with Crippen LogP contribution in [0.25, 0.3) is 0 Å². The number of benzene rings is 3. The Kier molecular flexibility index (Phi) is 5.87. The zero-order valence-electron chi connectivity index (χ0n) is 14.8. The summed E-state index contributed by atoms with van der Waals surface area (Å²) in [5.74, 6) is 0.213. The van der Waals surface area contributed by atoms with E-state index >= 15 is 0 Å². The number of carbonyl (C=O) groups is 1. The van der Waals surface area contributed by atoms with Crippen LogP contribution in [0.1, 0.15) is 10.4 Å². The van der Waals surface area contributed by atoms with Gasteiger partial charge >= 0.3 is 0 Å². The van der Waals surface area contributed by atoms with Gasteiger partial charge in [-0.25, -0.2) is 8.42 Å². The van der Waals surface area contributed by atoms with Gasteiger partial charge in [-0.3, -0.25) is 9.52 Å². The third-order valence-corrected chi connectivity index (χ3v) is 5.62. The number of hydrogen-bond acceptors (Lipinski definition) is 4. The highest BCUT2D eigenvalue weighted by Crippen LogP contribution is 2.22. The molecule has 3 rings (SSSR count). The molecule has 1 amide bonds. The normalized spacial score (nSPS) is 10.9. The summed E-state index contributed by atoms with van der Waals surface area (Å²) in [4.78, 5) is 12.4. The average Bonchev–Trinajstić information content (AvgIpc) is 2.70. The van der Waals surface area contributed by atoms with Crippen molar-refractivity contribution in [1.82, 2.24) is 0 Å². The first kappa shape index (κ1) is 19.7. The summed E-state index contributed by atoms with van der Waals surface area (Å²) in [5, 5.41) is 3.14. The molecule has 0 heterocycles. The minimum Gasteiger partial charge on any atom is -0.497 e. The zero-order valence-corrected chi connectivity index (χ0v) is 16.4. The maximum Gasteiger partial charge on any atom is 0.261 e. The van der Waals surface area contributed by atoms with E-state index in [9.17, 15) is 13.2 Å². The van der Waals surface area contributed by atoms with E-state index in [4.69, 9.17) is 16.3 Å². The van der Waals surface area contributed by atoms with Gasteiger partial charge in [0.05, 0.1) is 22.7 Å². The zero-order chi connectivity index (χ0) is 20.1. The molecule has 0 saturated carbocycles. The Bertz CT molecular complexity index is 1080. The largest absolute Gasteiger partial charge is 0.497 e. The SMILES string of the molecule is COc1ccc(S(=O)(=O)Nc2ccc(C(=O)Nc3ccccc3Cl)cc2)cc1. The van der Waals surface area contributed by atoms with Crippen molar-refractivity contribution in [3.63, 3.8) is 0 Å². The summed E-state index contributed by atoms with van der Waals surface area (Å²) in [6.45, 7) is 0. The van der Waals surface area contributed by atoms with Crippen molar-refractivity contribution in [1.29, 1.82) is 0 Å². The maximum absolute atomic E-state index is 12.5. The van der Waals surface area contributed by atoms with E-state index < -0.39 is 10.0 Å². The smallest absolute Gasteiger partial charge is 0.261 e. The minimum absolute atomic E-state index is 0.105. The van der Waals surface area contributed by atoms with Crippen LogP contribution in [-0.2, 0) is 10.0 Å². The summed E-state index contributed by atoms with van der Waals surface area (Å²) >= 11 is 6.03. The van der Waals surface area contributed by atoms with E-state index in [0.717, 1.165) is 0 Å². The van der Waals surface area contributed by atoms with Crippen LogP contribution in [0.15, 0.2) is 77.7 Å². The Hall–Kier alpha value is -3.03. The van der Waals surface area contributed by atoms with Gasteiger partial charge in [-0.2, -0.15) is 0 Å². The lowest BCUT2D eigenvalue weighted by Gasteiger charge is -2.10. The fraction of sp³-hybridized carbons (Fsp3) is 0.0500. The number of ether oxygens (including phenoxy) is 1. The predicted molar refractivity (Wildman–Crippen MR) is 110 cm³/mol. The lowest BCUT2D eigenvalue weighted by atomic mass is 10.2. The first-order chi connectivity index (χ1) is 13.4. The van der Waals surface area contributed by atoms with Crippen LogP contribution >= 0.6 is 11.6 Å². The van der Waals surface area contributed by atoms with Crippen LogP contribution < -0.4 is 14.8 Å². The van der Waals surface area contributed by atoms with Crippen LogP contribution in [0.3, 0.4) is 0 Å². The molecule has 0 unspecified atom stereocenters. The summed E-state index contributed by atoms with van der Waals surface area (Å²) in [7, 11) is -2.24. The molecular formula is C20H17ClN2O4S. The van der Waals surface area contributed by atoms with Gasteiger partial charge in [0.15, 0.2) is 0 Å². The number of nitrogens with one attached hydrogen (secondary N) is 2. The highest BCUT2D eigenvalue weighted by atomic mass is 35.5. The Morgan fingerprint density at radius 1 is 0.929 bits per heavy atom. The molecule has 0 aliphatic carbocycles.